The molecule has 34 heavy (non-hydrogen) atoms. The van der Waals surface area contributed by atoms with Crippen molar-refractivity contribution in [1.82, 2.24) is 9.47 Å². The molecule has 6 heteroatoms. The van der Waals surface area contributed by atoms with Gasteiger partial charge in [-0.25, -0.2) is 4.79 Å². The van der Waals surface area contributed by atoms with Gasteiger partial charge in [0.15, 0.2) is 0 Å². The maximum Gasteiger partial charge on any atom is 0.322 e. The van der Waals surface area contributed by atoms with Gasteiger partial charge >= 0.3 is 6.03 Å². The minimum Gasteiger partial charge on any atom is -0.497 e. The van der Waals surface area contributed by atoms with Crippen LogP contribution in [0.1, 0.15) is 46.1 Å². The lowest BCUT2D eigenvalue weighted by molar-refractivity contribution is 0.194. The Morgan fingerprint density at radius 3 is 2.56 bits per heavy atom. The minimum absolute atomic E-state index is 0.0941. The molecule has 0 saturated carbocycles. The lowest BCUT2D eigenvalue weighted by Gasteiger charge is -2.31. The van der Waals surface area contributed by atoms with Gasteiger partial charge in [0.1, 0.15) is 10.8 Å². The second-order valence-electron chi connectivity index (χ2n) is 8.90. The third-order valence-corrected chi connectivity index (χ3v) is 8.23. The van der Waals surface area contributed by atoms with E-state index in [0.29, 0.717) is 6.54 Å². The van der Waals surface area contributed by atoms with E-state index in [0.717, 1.165) is 35.5 Å². The summed E-state index contributed by atoms with van der Waals surface area (Å²) in [5, 5.41) is 4.41. The van der Waals surface area contributed by atoms with Gasteiger partial charge in [0, 0.05) is 22.3 Å². The van der Waals surface area contributed by atoms with Gasteiger partial charge in [-0.15, -0.1) is 11.3 Å². The van der Waals surface area contributed by atoms with E-state index in [2.05, 4.69) is 40.3 Å². The fourth-order valence-electron chi connectivity index (χ4n) is 5.24. The summed E-state index contributed by atoms with van der Waals surface area (Å²) in [6.45, 7) is 0.582. The van der Waals surface area contributed by atoms with Crippen LogP contribution in [-0.4, -0.2) is 22.6 Å². The smallest absolute Gasteiger partial charge is 0.322 e. The Kier molecular flexibility index (Phi) is 5.38. The van der Waals surface area contributed by atoms with Gasteiger partial charge < -0.3 is 19.5 Å². The van der Waals surface area contributed by atoms with Crippen LogP contribution in [0.2, 0.25) is 0 Å². The molecule has 4 aromatic rings. The predicted molar refractivity (Wildman–Crippen MR) is 136 cm³/mol. The summed E-state index contributed by atoms with van der Waals surface area (Å²) >= 11 is 1.90. The van der Waals surface area contributed by atoms with Crippen molar-refractivity contribution in [3.05, 3.63) is 100 Å². The van der Waals surface area contributed by atoms with Crippen molar-refractivity contribution < 1.29 is 9.53 Å². The van der Waals surface area contributed by atoms with Gasteiger partial charge in [-0.1, -0.05) is 30.3 Å². The number of benzene rings is 2. The van der Waals surface area contributed by atoms with Crippen molar-refractivity contribution >= 4 is 23.1 Å². The van der Waals surface area contributed by atoms with Crippen LogP contribution in [0.15, 0.2) is 72.9 Å². The zero-order valence-corrected chi connectivity index (χ0v) is 20.0. The molecule has 2 aromatic carbocycles. The van der Waals surface area contributed by atoms with Gasteiger partial charge in [0.2, 0.25) is 0 Å². The van der Waals surface area contributed by atoms with Gasteiger partial charge in [-0.3, -0.25) is 0 Å². The van der Waals surface area contributed by atoms with Crippen molar-refractivity contribution in [1.29, 1.82) is 0 Å². The molecule has 1 atom stereocenters. The summed E-state index contributed by atoms with van der Waals surface area (Å²) in [6, 6.07) is 21.7. The molecule has 5 nitrogen and oxygen atoms in total. The average molecular weight is 470 g/mol. The highest BCUT2D eigenvalue weighted by molar-refractivity contribution is 7.15. The van der Waals surface area contributed by atoms with Crippen LogP contribution < -0.4 is 10.1 Å². The number of thiophene rings is 1. The number of aromatic nitrogens is 1. The molecular formula is C28H27N3O2S. The number of hydrogen-bond donors (Lipinski definition) is 1. The third kappa shape index (κ3) is 3.59. The van der Waals surface area contributed by atoms with Crippen molar-refractivity contribution in [2.45, 2.75) is 38.3 Å². The number of nitrogens with zero attached hydrogens (tertiary/aromatic N) is 2. The molecule has 1 aliphatic carbocycles. The average Bonchev–Trinajstić information content (AvgIpc) is 3.47. The zero-order valence-electron chi connectivity index (χ0n) is 19.2. The van der Waals surface area contributed by atoms with Crippen LogP contribution in [0.5, 0.6) is 5.75 Å². The van der Waals surface area contributed by atoms with Crippen LogP contribution in [-0.2, 0) is 19.4 Å². The van der Waals surface area contributed by atoms with Gasteiger partial charge in [-0.2, -0.15) is 0 Å². The maximum atomic E-state index is 13.8. The molecule has 0 fully saturated rings. The number of aryl methyl sites for hydroxylation is 1. The van der Waals surface area contributed by atoms with Crippen LogP contribution in [0.4, 0.5) is 10.5 Å². The number of urea groups is 1. The largest absolute Gasteiger partial charge is 0.497 e. The van der Waals surface area contributed by atoms with E-state index in [1.807, 2.05) is 58.7 Å². The lowest BCUT2D eigenvalue weighted by Crippen LogP contribution is -2.38. The molecule has 6 rings (SSSR count). The number of amides is 2. The molecule has 0 saturated heterocycles. The predicted octanol–water partition coefficient (Wildman–Crippen LogP) is 6.56. The Bertz CT molecular complexity index is 1320. The number of ether oxygens (including phenoxy) is 1. The summed E-state index contributed by atoms with van der Waals surface area (Å²) < 4.78 is 7.70. The van der Waals surface area contributed by atoms with Gasteiger partial charge in [-0.05, 0) is 73.2 Å². The van der Waals surface area contributed by atoms with Crippen molar-refractivity contribution in [2.75, 3.05) is 12.4 Å². The Morgan fingerprint density at radius 1 is 0.971 bits per heavy atom. The molecule has 0 unspecified atom stereocenters. The van der Waals surface area contributed by atoms with Gasteiger partial charge in [0.25, 0.3) is 0 Å². The molecule has 0 radical (unpaired) electrons. The van der Waals surface area contributed by atoms with E-state index in [1.165, 1.54) is 33.8 Å². The number of methoxy groups -OCH3 is 1. The molecule has 0 bridgehead atoms. The summed E-state index contributed by atoms with van der Waals surface area (Å²) in [7, 11) is 1.67. The first-order valence-electron chi connectivity index (χ1n) is 11.8. The van der Waals surface area contributed by atoms with E-state index in [4.69, 9.17) is 4.74 Å². The van der Waals surface area contributed by atoms with E-state index < -0.39 is 0 Å². The fourth-order valence-corrected chi connectivity index (χ4v) is 6.64. The van der Waals surface area contributed by atoms with E-state index in [-0.39, 0.29) is 12.1 Å². The lowest BCUT2D eigenvalue weighted by atomic mass is 9.95. The zero-order chi connectivity index (χ0) is 23.1. The summed E-state index contributed by atoms with van der Waals surface area (Å²) in [5.41, 5.74) is 5.72. The third-order valence-electron chi connectivity index (χ3n) is 6.90. The number of fused-ring (bicyclic) bond motifs is 5. The minimum atomic E-state index is -0.219. The summed E-state index contributed by atoms with van der Waals surface area (Å²) in [5.74, 6) is 0.807. The quantitative estimate of drug-likeness (QED) is 0.369. The molecule has 2 aliphatic rings. The van der Waals surface area contributed by atoms with Crippen LogP contribution in [0.3, 0.4) is 0 Å². The SMILES string of the molecule is COc1ccc([C@H]2c3cccn3-c3sc4c(c3CN2C(=O)Nc2ccccc2)CCCC4)cc1. The van der Waals surface area contributed by atoms with E-state index >= 15 is 0 Å². The molecule has 2 aromatic heterocycles. The normalized spacial score (nSPS) is 16.7. The highest BCUT2D eigenvalue weighted by Gasteiger charge is 2.36. The van der Waals surface area contributed by atoms with Crippen molar-refractivity contribution in [2.24, 2.45) is 0 Å². The van der Waals surface area contributed by atoms with Crippen LogP contribution in [0.25, 0.3) is 5.00 Å². The first kappa shape index (κ1) is 21.1. The Labute approximate surface area is 203 Å². The van der Waals surface area contributed by atoms with Crippen LogP contribution in [0, 0.1) is 0 Å². The first-order valence-corrected chi connectivity index (χ1v) is 12.6. The van der Waals surface area contributed by atoms with E-state index in [1.54, 1.807) is 7.11 Å². The van der Waals surface area contributed by atoms with E-state index in [9.17, 15) is 4.79 Å². The molecule has 1 aliphatic heterocycles. The Morgan fingerprint density at radius 2 is 1.76 bits per heavy atom. The summed E-state index contributed by atoms with van der Waals surface area (Å²) in [6.07, 6.45) is 6.84. The number of hydrogen-bond acceptors (Lipinski definition) is 3. The number of rotatable bonds is 3. The number of carbonyl (C=O) groups excluding carboxylic acids is 1. The fraction of sp³-hybridized carbons (Fsp3) is 0.250. The Balaban J connectivity index is 1.49. The standard InChI is InChI=1S/C28H27N3O2S/c1-33-21-15-13-19(14-16-21)26-24-11-7-17-30(24)27-23(22-10-5-6-12-25(22)34-27)18-31(26)28(32)29-20-8-3-2-4-9-20/h2-4,7-9,11,13-17,26H,5-6,10,12,18H2,1H3,(H,29,32)/t26-/m0/s1. The number of carbonyl (C=O) groups is 1. The summed E-state index contributed by atoms with van der Waals surface area (Å²) in [4.78, 5) is 17.3. The number of nitrogens with one attached hydrogen (secondary N) is 1. The molecule has 3 heterocycles. The molecular weight excluding hydrogens is 442 g/mol. The molecule has 0 spiro atoms. The monoisotopic (exact) mass is 469 g/mol. The highest BCUT2D eigenvalue weighted by Crippen LogP contribution is 2.44. The highest BCUT2D eigenvalue weighted by atomic mass is 32.1. The maximum absolute atomic E-state index is 13.8. The number of anilines is 1. The Hall–Kier alpha value is -3.51. The molecule has 1 N–H and O–H groups in total. The second kappa shape index (κ2) is 8.69. The van der Waals surface area contributed by atoms with Gasteiger partial charge in [0.05, 0.1) is 25.4 Å². The molecule has 2 amide bonds. The number of para-hydroxylation sites is 1. The topological polar surface area (TPSA) is 46.5 Å². The van der Waals surface area contributed by atoms with Crippen molar-refractivity contribution in [3.8, 4) is 10.8 Å². The molecule has 172 valence electrons. The second-order valence-corrected chi connectivity index (χ2v) is 9.98. The van der Waals surface area contributed by atoms with Crippen molar-refractivity contribution in [3.63, 3.8) is 0 Å². The first-order chi connectivity index (χ1) is 16.7. The van der Waals surface area contributed by atoms with Crippen LogP contribution >= 0.6 is 11.3 Å².